The van der Waals surface area contributed by atoms with E-state index in [4.69, 9.17) is 4.74 Å². The fourth-order valence-electron chi connectivity index (χ4n) is 3.16. The van der Waals surface area contributed by atoms with Crippen molar-refractivity contribution < 1.29 is 31.4 Å². The van der Waals surface area contributed by atoms with Gasteiger partial charge < -0.3 is 9.47 Å². The molecule has 0 N–H and O–H groups in total. The Morgan fingerprint density at radius 3 is 2.16 bits per heavy atom. The van der Waals surface area contributed by atoms with Crippen molar-refractivity contribution in [2.75, 3.05) is 0 Å². The van der Waals surface area contributed by atoms with Gasteiger partial charge in [0.05, 0.1) is 0 Å². The van der Waals surface area contributed by atoms with Crippen LogP contribution in [0.15, 0.2) is 84.7 Å². The maximum Gasteiger partial charge on any atom is 0.573 e. The summed E-state index contributed by atoms with van der Waals surface area (Å²) in [5, 5.41) is 0. The fourth-order valence-corrected chi connectivity index (χ4v) is 3.16. The Kier molecular flexibility index (Phi) is 6.87. The monoisotopic (exact) mass is 448 g/mol. The molecular weight excluding hydrogens is 427 g/mol. The molecule has 0 saturated heterocycles. The molecule has 7 heteroatoms. The zero-order valence-corrected chi connectivity index (χ0v) is 17.4. The minimum absolute atomic E-state index is 0.0130. The number of rotatable bonds is 7. The minimum atomic E-state index is -4.78. The summed E-state index contributed by atoms with van der Waals surface area (Å²) in [4.78, 5) is 0. The third kappa shape index (κ3) is 6.57. The van der Waals surface area contributed by atoms with Gasteiger partial charge >= 0.3 is 6.36 Å². The molecule has 3 aromatic carbocycles. The average molecular weight is 448 g/mol. The summed E-state index contributed by atoms with van der Waals surface area (Å²) in [5.41, 5.74) is 0.315. The summed E-state index contributed by atoms with van der Waals surface area (Å²) in [6.07, 6.45) is -3.49. The van der Waals surface area contributed by atoms with E-state index in [9.17, 15) is 22.0 Å². The molecule has 0 bridgehead atoms. The van der Waals surface area contributed by atoms with Crippen LogP contribution in [0, 0.1) is 5.82 Å². The second kappa shape index (κ2) is 9.42. The van der Waals surface area contributed by atoms with Crippen LogP contribution in [-0.2, 0) is 11.8 Å². The van der Waals surface area contributed by atoms with Crippen LogP contribution >= 0.6 is 0 Å². The molecule has 0 unspecified atom stereocenters. The molecule has 0 atom stereocenters. The lowest BCUT2D eigenvalue weighted by Gasteiger charge is -2.22. The number of benzene rings is 3. The Morgan fingerprint density at radius 2 is 1.53 bits per heavy atom. The number of allylic oxidation sites excluding steroid dienone is 2. The van der Waals surface area contributed by atoms with E-state index in [2.05, 4.69) is 4.74 Å². The molecule has 0 heterocycles. The van der Waals surface area contributed by atoms with Crippen LogP contribution in [-0.4, -0.2) is 6.36 Å². The smallest absolute Gasteiger partial charge is 0.454 e. The van der Waals surface area contributed by atoms with Gasteiger partial charge in [-0.3, -0.25) is 0 Å². The predicted octanol–water partition coefficient (Wildman–Crippen LogP) is 7.89. The van der Waals surface area contributed by atoms with Crippen LogP contribution < -0.4 is 9.47 Å². The Balaban J connectivity index is 1.73. The van der Waals surface area contributed by atoms with Gasteiger partial charge in [-0.25, -0.2) is 8.78 Å². The van der Waals surface area contributed by atoms with Gasteiger partial charge in [0, 0.05) is 11.8 Å². The summed E-state index contributed by atoms with van der Waals surface area (Å²) in [7, 11) is 0. The summed E-state index contributed by atoms with van der Waals surface area (Å²) in [5.74, 6) is -0.940. The zero-order valence-electron chi connectivity index (χ0n) is 17.4. The first kappa shape index (κ1) is 23.3. The third-order valence-corrected chi connectivity index (χ3v) is 4.69. The van der Waals surface area contributed by atoms with Gasteiger partial charge in [0.25, 0.3) is 0 Å². The Labute approximate surface area is 182 Å². The van der Waals surface area contributed by atoms with Gasteiger partial charge in [0.15, 0.2) is 11.6 Å². The molecule has 0 saturated carbocycles. The standard InChI is InChI=1S/C25H21F5O2/c1-24(2,18-9-11-21(12-10-18)32-25(28,29)30)16-19(26)14-17-8-13-22(27)23(15-17)31-20-6-4-3-5-7-20/h3-13,15-16H,14H2,1-2H3/b19-16-. The number of para-hydroxylation sites is 1. The number of hydrogen-bond acceptors (Lipinski definition) is 2. The summed E-state index contributed by atoms with van der Waals surface area (Å²) in [6.45, 7) is 3.47. The molecule has 0 aromatic heterocycles. The van der Waals surface area contributed by atoms with E-state index in [1.807, 2.05) is 0 Å². The highest BCUT2D eigenvalue weighted by molar-refractivity contribution is 5.38. The van der Waals surface area contributed by atoms with E-state index in [-0.39, 0.29) is 17.9 Å². The van der Waals surface area contributed by atoms with E-state index in [0.717, 1.165) is 0 Å². The first-order valence-electron chi connectivity index (χ1n) is 9.77. The number of ether oxygens (including phenoxy) is 2. The van der Waals surface area contributed by atoms with Crippen molar-refractivity contribution in [2.24, 2.45) is 0 Å². The molecule has 0 aliphatic rings. The van der Waals surface area contributed by atoms with Crippen LogP contribution in [0.4, 0.5) is 22.0 Å². The number of alkyl halides is 3. The van der Waals surface area contributed by atoms with Crippen molar-refractivity contribution in [3.05, 3.63) is 102 Å². The SMILES string of the molecule is CC(C)(/C=C(\F)Cc1ccc(F)c(Oc2ccccc2)c1)c1ccc(OC(F)(F)F)cc1. The molecule has 3 aromatic rings. The lowest BCUT2D eigenvalue weighted by molar-refractivity contribution is -0.274. The minimum Gasteiger partial charge on any atom is -0.454 e. The average Bonchev–Trinajstić information content (AvgIpc) is 2.70. The highest BCUT2D eigenvalue weighted by Crippen LogP contribution is 2.31. The van der Waals surface area contributed by atoms with Crippen molar-refractivity contribution >= 4 is 0 Å². The summed E-state index contributed by atoms with van der Waals surface area (Å²) < 4.78 is 75.2. The third-order valence-electron chi connectivity index (χ3n) is 4.69. The topological polar surface area (TPSA) is 18.5 Å². The van der Waals surface area contributed by atoms with E-state index in [1.54, 1.807) is 44.2 Å². The van der Waals surface area contributed by atoms with Crippen molar-refractivity contribution in [3.8, 4) is 17.2 Å². The Bertz CT molecular complexity index is 1070. The Hall–Kier alpha value is -3.35. The van der Waals surface area contributed by atoms with Gasteiger partial charge in [0.2, 0.25) is 0 Å². The van der Waals surface area contributed by atoms with Gasteiger partial charge in [-0.1, -0.05) is 50.2 Å². The summed E-state index contributed by atoms with van der Waals surface area (Å²) in [6, 6.07) is 18.1. The van der Waals surface area contributed by atoms with Crippen LogP contribution in [0.2, 0.25) is 0 Å². The molecule has 3 rings (SSSR count). The van der Waals surface area contributed by atoms with Crippen LogP contribution in [0.3, 0.4) is 0 Å². The highest BCUT2D eigenvalue weighted by atomic mass is 19.4. The van der Waals surface area contributed by atoms with E-state index < -0.39 is 23.4 Å². The predicted molar refractivity (Wildman–Crippen MR) is 112 cm³/mol. The van der Waals surface area contributed by atoms with E-state index in [0.29, 0.717) is 16.9 Å². The Morgan fingerprint density at radius 1 is 0.875 bits per heavy atom. The van der Waals surface area contributed by atoms with Crippen molar-refractivity contribution in [2.45, 2.75) is 32.0 Å². The molecule has 2 nitrogen and oxygen atoms in total. The normalized spacial score (nSPS) is 12.5. The fraction of sp³-hybridized carbons (Fsp3) is 0.200. The second-order valence-corrected chi connectivity index (χ2v) is 7.74. The molecule has 32 heavy (non-hydrogen) atoms. The summed E-state index contributed by atoms with van der Waals surface area (Å²) >= 11 is 0. The van der Waals surface area contributed by atoms with Crippen LogP contribution in [0.1, 0.15) is 25.0 Å². The van der Waals surface area contributed by atoms with Gasteiger partial charge in [0.1, 0.15) is 17.3 Å². The van der Waals surface area contributed by atoms with Crippen LogP contribution in [0.25, 0.3) is 0 Å². The lowest BCUT2D eigenvalue weighted by Crippen LogP contribution is -2.18. The van der Waals surface area contributed by atoms with Gasteiger partial charge in [-0.05, 0) is 53.6 Å². The van der Waals surface area contributed by atoms with Crippen molar-refractivity contribution in [3.63, 3.8) is 0 Å². The number of hydrogen-bond donors (Lipinski definition) is 0. The van der Waals surface area contributed by atoms with Gasteiger partial charge in [-0.2, -0.15) is 0 Å². The van der Waals surface area contributed by atoms with Crippen LogP contribution in [0.5, 0.6) is 17.2 Å². The molecular formula is C25H21F5O2. The molecule has 0 spiro atoms. The largest absolute Gasteiger partial charge is 0.573 e. The first-order chi connectivity index (χ1) is 15.0. The molecule has 0 fully saturated rings. The lowest BCUT2D eigenvalue weighted by atomic mass is 9.83. The van der Waals surface area contributed by atoms with E-state index >= 15 is 0 Å². The highest BCUT2D eigenvalue weighted by Gasteiger charge is 2.31. The maximum absolute atomic E-state index is 14.8. The van der Waals surface area contributed by atoms with E-state index in [1.165, 1.54) is 48.5 Å². The quantitative estimate of drug-likeness (QED) is 0.342. The van der Waals surface area contributed by atoms with Crippen molar-refractivity contribution in [1.29, 1.82) is 0 Å². The molecule has 0 aliphatic heterocycles. The molecule has 0 amide bonds. The van der Waals surface area contributed by atoms with Gasteiger partial charge in [-0.15, -0.1) is 13.2 Å². The maximum atomic E-state index is 14.8. The van der Waals surface area contributed by atoms with Crippen molar-refractivity contribution in [1.82, 2.24) is 0 Å². The molecule has 0 aliphatic carbocycles. The molecule has 0 radical (unpaired) electrons. The second-order valence-electron chi connectivity index (χ2n) is 7.74. The number of halogens is 5. The zero-order chi connectivity index (χ0) is 23.4. The molecule has 168 valence electrons. The first-order valence-corrected chi connectivity index (χ1v) is 9.77.